The SMILES string of the molecule is COCCNCc1ccc(N2CCC(OC)C2)c(C#N)c1. The monoisotopic (exact) mass is 289 g/mol. The minimum atomic E-state index is 0.270. The third-order valence-corrected chi connectivity index (χ3v) is 3.81. The zero-order chi connectivity index (χ0) is 15.1. The molecule has 5 nitrogen and oxygen atoms in total. The van der Waals surface area contributed by atoms with Gasteiger partial charge in [-0.3, -0.25) is 0 Å². The van der Waals surface area contributed by atoms with Gasteiger partial charge in [0.2, 0.25) is 0 Å². The second-order valence-corrected chi connectivity index (χ2v) is 5.23. The average Bonchev–Trinajstić information content (AvgIpc) is 3.00. The van der Waals surface area contributed by atoms with Gasteiger partial charge in [-0.1, -0.05) is 6.07 Å². The van der Waals surface area contributed by atoms with Crippen LogP contribution in [-0.2, 0) is 16.0 Å². The van der Waals surface area contributed by atoms with Gasteiger partial charge in [0.15, 0.2) is 0 Å². The Hall–Kier alpha value is -1.61. The van der Waals surface area contributed by atoms with Crippen molar-refractivity contribution in [1.29, 1.82) is 5.26 Å². The fraction of sp³-hybridized carbons (Fsp3) is 0.562. The van der Waals surface area contributed by atoms with Gasteiger partial charge in [0.05, 0.1) is 24.0 Å². The number of rotatable bonds is 7. The van der Waals surface area contributed by atoms with Crippen molar-refractivity contribution >= 4 is 5.69 Å². The van der Waals surface area contributed by atoms with Gasteiger partial charge in [-0.2, -0.15) is 5.26 Å². The van der Waals surface area contributed by atoms with Crippen LogP contribution in [0.1, 0.15) is 17.5 Å². The molecule has 0 aromatic heterocycles. The summed E-state index contributed by atoms with van der Waals surface area (Å²) < 4.78 is 10.4. The lowest BCUT2D eigenvalue weighted by atomic mass is 10.1. The molecule has 21 heavy (non-hydrogen) atoms. The number of nitriles is 1. The van der Waals surface area contributed by atoms with Crippen LogP contribution in [0.25, 0.3) is 0 Å². The molecule has 0 bridgehead atoms. The summed E-state index contributed by atoms with van der Waals surface area (Å²) in [6.07, 6.45) is 1.29. The Kier molecular flexibility index (Phi) is 6.00. The van der Waals surface area contributed by atoms with Gasteiger partial charge in [-0.15, -0.1) is 0 Å². The van der Waals surface area contributed by atoms with Crippen molar-refractivity contribution in [2.24, 2.45) is 0 Å². The zero-order valence-corrected chi connectivity index (χ0v) is 12.8. The molecule has 1 heterocycles. The van der Waals surface area contributed by atoms with E-state index in [0.717, 1.165) is 49.4 Å². The zero-order valence-electron chi connectivity index (χ0n) is 12.8. The molecule has 1 unspecified atom stereocenters. The maximum absolute atomic E-state index is 9.39. The number of nitrogens with one attached hydrogen (secondary N) is 1. The lowest BCUT2D eigenvalue weighted by molar-refractivity contribution is 0.121. The molecule has 0 radical (unpaired) electrons. The van der Waals surface area contributed by atoms with E-state index in [1.54, 1.807) is 14.2 Å². The topological polar surface area (TPSA) is 57.5 Å². The molecule has 0 aliphatic carbocycles. The highest BCUT2D eigenvalue weighted by molar-refractivity contribution is 5.61. The van der Waals surface area contributed by atoms with Gasteiger partial charge in [0.25, 0.3) is 0 Å². The highest BCUT2D eigenvalue weighted by atomic mass is 16.5. The summed E-state index contributed by atoms with van der Waals surface area (Å²) in [5, 5.41) is 12.7. The lowest BCUT2D eigenvalue weighted by Crippen LogP contribution is -2.23. The van der Waals surface area contributed by atoms with Gasteiger partial charge < -0.3 is 19.7 Å². The normalized spacial score (nSPS) is 18.0. The highest BCUT2D eigenvalue weighted by Crippen LogP contribution is 2.26. The first-order valence-corrected chi connectivity index (χ1v) is 7.29. The van der Waals surface area contributed by atoms with Crippen LogP contribution in [0.3, 0.4) is 0 Å². The lowest BCUT2D eigenvalue weighted by Gasteiger charge is -2.20. The number of methoxy groups -OCH3 is 2. The van der Waals surface area contributed by atoms with E-state index in [2.05, 4.69) is 22.4 Å². The minimum Gasteiger partial charge on any atom is -0.383 e. The summed E-state index contributed by atoms with van der Waals surface area (Å²) in [6.45, 7) is 4.05. The molecule has 1 saturated heterocycles. The maximum Gasteiger partial charge on any atom is 0.101 e. The predicted octanol–water partition coefficient (Wildman–Crippen LogP) is 1.52. The molecule has 0 saturated carbocycles. The van der Waals surface area contributed by atoms with Crippen molar-refractivity contribution < 1.29 is 9.47 Å². The smallest absolute Gasteiger partial charge is 0.101 e. The molecule has 0 amide bonds. The van der Waals surface area contributed by atoms with E-state index >= 15 is 0 Å². The van der Waals surface area contributed by atoms with E-state index in [1.165, 1.54) is 0 Å². The molecule has 1 aromatic carbocycles. The Balaban J connectivity index is 2.02. The Morgan fingerprint density at radius 2 is 2.29 bits per heavy atom. The average molecular weight is 289 g/mol. The summed E-state index contributed by atoms with van der Waals surface area (Å²) >= 11 is 0. The minimum absolute atomic E-state index is 0.270. The summed E-state index contributed by atoms with van der Waals surface area (Å²) in [5.41, 5.74) is 2.87. The number of hydrogen-bond acceptors (Lipinski definition) is 5. The molecule has 1 aliphatic heterocycles. The summed E-state index contributed by atoms with van der Waals surface area (Å²) in [5.74, 6) is 0. The van der Waals surface area contributed by atoms with Crippen molar-refractivity contribution in [3.05, 3.63) is 29.3 Å². The molecule has 5 heteroatoms. The van der Waals surface area contributed by atoms with Crippen molar-refractivity contribution in [1.82, 2.24) is 5.32 Å². The Morgan fingerprint density at radius 1 is 1.43 bits per heavy atom. The molecule has 2 rings (SSSR count). The van der Waals surface area contributed by atoms with E-state index in [-0.39, 0.29) is 6.10 Å². The van der Waals surface area contributed by atoms with E-state index in [1.807, 2.05) is 12.1 Å². The van der Waals surface area contributed by atoms with E-state index < -0.39 is 0 Å². The predicted molar refractivity (Wildman–Crippen MR) is 82.4 cm³/mol. The maximum atomic E-state index is 9.39. The van der Waals surface area contributed by atoms with Gasteiger partial charge >= 0.3 is 0 Å². The largest absolute Gasteiger partial charge is 0.383 e. The number of ether oxygens (including phenoxy) is 2. The third-order valence-electron chi connectivity index (χ3n) is 3.81. The van der Waals surface area contributed by atoms with E-state index in [0.29, 0.717) is 6.61 Å². The van der Waals surface area contributed by atoms with Gasteiger partial charge in [-0.05, 0) is 24.1 Å². The van der Waals surface area contributed by atoms with Crippen LogP contribution in [0.15, 0.2) is 18.2 Å². The summed E-state index contributed by atoms with van der Waals surface area (Å²) in [7, 11) is 3.43. The van der Waals surface area contributed by atoms with E-state index in [4.69, 9.17) is 9.47 Å². The molecule has 1 atom stereocenters. The standard InChI is InChI=1S/C16H23N3O2/c1-20-8-6-18-11-13-3-4-16(14(9-13)10-17)19-7-5-15(12-19)21-2/h3-4,9,15,18H,5-8,11-12H2,1-2H3. The molecule has 0 spiro atoms. The second-order valence-electron chi connectivity index (χ2n) is 5.23. The van der Waals surface area contributed by atoms with Crippen LogP contribution in [0, 0.1) is 11.3 Å². The Morgan fingerprint density at radius 3 is 2.95 bits per heavy atom. The first-order valence-electron chi connectivity index (χ1n) is 7.29. The van der Waals surface area contributed by atoms with Crippen LogP contribution in [0.5, 0.6) is 0 Å². The molecule has 114 valence electrons. The highest BCUT2D eigenvalue weighted by Gasteiger charge is 2.23. The van der Waals surface area contributed by atoms with Crippen LogP contribution in [0.4, 0.5) is 5.69 Å². The fourth-order valence-electron chi connectivity index (χ4n) is 2.60. The van der Waals surface area contributed by atoms with Crippen LogP contribution in [-0.4, -0.2) is 46.6 Å². The number of benzene rings is 1. The molecule has 1 N–H and O–H groups in total. The molecule has 1 fully saturated rings. The number of nitrogens with zero attached hydrogens (tertiary/aromatic N) is 2. The Labute approximate surface area is 126 Å². The molecular weight excluding hydrogens is 266 g/mol. The van der Waals surface area contributed by atoms with Crippen LogP contribution in [0.2, 0.25) is 0 Å². The van der Waals surface area contributed by atoms with Crippen molar-refractivity contribution in [3.8, 4) is 6.07 Å². The van der Waals surface area contributed by atoms with Crippen molar-refractivity contribution in [2.75, 3.05) is 45.4 Å². The van der Waals surface area contributed by atoms with Crippen LogP contribution >= 0.6 is 0 Å². The quantitative estimate of drug-likeness (QED) is 0.771. The van der Waals surface area contributed by atoms with Crippen molar-refractivity contribution in [2.45, 2.75) is 19.1 Å². The molecule has 1 aromatic rings. The second kappa shape index (κ2) is 7.99. The molecule has 1 aliphatic rings. The van der Waals surface area contributed by atoms with Gasteiger partial charge in [0, 0.05) is 40.4 Å². The van der Waals surface area contributed by atoms with Gasteiger partial charge in [0.1, 0.15) is 6.07 Å². The summed E-state index contributed by atoms with van der Waals surface area (Å²) in [6, 6.07) is 8.40. The summed E-state index contributed by atoms with van der Waals surface area (Å²) in [4.78, 5) is 2.23. The number of anilines is 1. The van der Waals surface area contributed by atoms with E-state index in [9.17, 15) is 5.26 Å². The fourth-order valence-corrected chi connectivity index (χ4v) is 2.60. The number of hydrogen-bond donors (Lipinski definition) is 1. The first kappa shape index (κ1) is 15.8. The first-order chi connectivity index (χ1) is 10.3. The van der Waals surface area contributed by atoms with Crippen molar-refractivity contribution in [3.63, 3.8) is 0 Å². The Bertz CT molecular complexity index is 499. The molecular formula is C16H23N3O2. The van der Waals surface area contributed by atoms with Crippen LogP contribution < -0.4 is 10.2 Å². The van der Waals surface area contributed by atoms with Gasteiger partial charge in [-0.25, -0.2) is 0 Å². The third kappa shape index (κ3) is 4.18.